The van der Waals surface area contributed by atoms with Crippen LogP contribution in [0.1, 0.15) is 77.8 Å². The molecule has 120 valence electrons. The molecule has 0 aromatic heterocycles. The molecule has 1 aromatic carbocycles. The van der Waals surface area contributed by atoms with Crippen LogP contribution in [-0.2, 0) is 5.41 Å². The normalized spacial score (nSPS) is 14.8. The Labute approximate surface area is 131 Å². The highest BCUT2D eigenvalue weighted by Gasteiger charge is 2.20. The number of rotatable bonds is 7. The van der Waals surface area contributed by atoms with Crippen molar-refractivity contribution in [2.75, 3.05) is 6.61 Å². The summed E-state index contributed by atoms with van der Waals surface area (Å²) in [6.45, 7) is 14.0. The molecule has 0 radical (unpaired) electrons. The molecular formula is C19H33NO. The number of ether oxygens (including phenoxy) is 1. The van der Waals surface area contributed by atoms with Crippen molar-refractivity contribution in [3.63, 3.8) is 0 Å². The van der Waals surface area contributed by atoms with Gasteiger partial charge in [-0.25, -0.2) is 0 Å². The van der Waals surface area contributed by atoms with E-state index in [2.05, 4.69) is 59.7 Å². The van der Waals surface area contributed by atoms with Gasteiger partial charge in [-0.3, -0.25) is 0 Å². The molecule has 0 saturated heterocycles. The van der Waals surface area contributed by atoms with Crippen LogP contribution in [0.25, 0.3) is 0 Å². The van der Waals surface area contributed by atoms with Crippen molar-refractivity contribution in [1.29, 1.82) is 0 Å². The first-order chi connectivity index (χ1) is 9.75. The summed E-state index contributed by atoms with van der Waals surface area (Å²) < 4.78 is 5.93. The zero-order valence-corrected chi connectivity index (χ0v) is 14.7. The molecule has 2 atom stereocenters. The van der Waals surface area contributed by atoms with Crippen molar-refractivity contribution in [3.05, 3.63) is 29.3 Å². The third-order valence-electron chi connectivity index (χ3n) is 3.90. The predicted molar refractivity (Wildman–Crippen MR) is 92.2 cm³/mol. The maximum absolute atomic E-state index is 5.93. The zero-order chi connectivity index (χ0) is 16.0. The molecule has 0 amide bonds. The molecule has 2 unspecified atom stereocenters. The van der Waals surface area contributed by atoms with E-state index in [0.717, 1.165) is 31.6 Å². The SMILES string of the molecule is CCCOc1ccc(C(C)CCC(C)N)cc1C(C)(C)C. The van der Waals surface area contributed by atoms with E-state index in [-0.39, 0.29) is 11.5 Å². The Bertz CT molecular complexity index is 432. The number of hydrogen-bond acceptors (Lipinski definition) is 2. The van der Waals surface area contributed by atoms with Crippen molar-refractivity contribution in [3.8, 4) is 5.75 Å². The highest BCUT2D eigenvalue weighted by molar-refractivity contribution is 5.42. The molecule has 0 saturated carbocycles. The first-order valence-electron chi connectivity index (χ1n) is 8.28. The summed E-state index contributed by atoms with van der Waals surface area (Å²) in [5.74, 6) is 1.57. The summed E-state index contributed by atoms with van der Waals surface area (Å²) in [6.07, 6.45) is 3.24. The lowest BCUT2D eigenvalue weighted by Gasteiger charge is -2.25. The summed E-state index contributed by atoms with van der Waals surface area (Å²) in [4.78, 5) is 0. The van der Waals surface area contributed by atoms with E-state index in [1.807, 2.05) is 0 Å². The summed E-state index contributed by atoms with van der Waals surface area (Å²) in [5, 5.41) is 0. The molecule has 0 aliphatic heterocycles. The van der Waals surface area contributed by atoms with Crippen molar-refractivity contribution < 1.29 is 4.74 Å². The highest BCUT2D eigenvalue weighted by atomic mass is 16.5. The third-order valence-corrected chi connectivity index (χ3v) is 3.90. The minimum absolute atomic E-state index is 0.0972. The van der Waals surface area contributed by atoms with Crippen LogP contribution in [0.4, 0.5) is 0 Å². The second-order valence-corrected chi connectivity index (χ2v) is 7.31. The standard InChI is InChI=1S/C19H33NO/c1-7-12-21-18-11-10-16(13-17(18)19(4,5)6)14(2)8-9-15(3)20/h10-11,13-15H,7-9,12,20H2,1-6H3. The minimum atomic E-state index is 0.0972. The molecule has 1 aromatic rings. The van der Waals surface area contributed by atoms with Gasteiger partial charge in [0.25, 0.3) is 0 Å². The molecule has 0 heterocycles. The Balaban J connectivity index is 2.98. The zero-order valence-electron chi connectivity index (χ0n) is 14.7. The van der Waals surface area contributed by atoms with E-state index >= 15 is 0 Å². The summed E-state index contributed by atoms with van der Waals surface area (Å²) in [5.41, 5.74) is 8.67. The first-order valence-corrected chi connectivity index (χ1v) is 8.28. The molecule has 0 bridgehead atoms. The van der Waals surface area contributed by atoms with Crippen LogP contribution in [0.15, 0.2) is 18.2 Å². The first kappa shape index (κ1) is 18.0. The van der Waals surface area contributed by atoms with Crippen LogP contribution >= 0.6 is 0 Å². The van der Waals surface area contributed by atoms with Crippen LogP contribution in [-0.4, -0.2) is 12.6 Å². The predicted octanol–water partition coefficient (Wildman–Crippen LogP) is 5.00. The van der Waals surface area contributed by atoms with Gasteiger partial charge in [-0.1, -0.05) is 46.8 Å². The number of hydrogen-bond donors (Lipinski definition) is 1. The van der Waals surface area contributed by atoms with Crippen LogP contribution in [0.3, 0.4) is 0 Å². The maximum Gasteiger partial charge on any atom is 0.123 e. The summed E-state index contributed by atoms with van der Waals surface area (Å²) >= 11 is 0. The van der Waals surface area contributed by atoms with Crippen LogP contribution in [0.2, 0.25) is 0 Å². The van der Waals surface area contributed by atoms with Gasteiger partial charge in [-0.2, -0.15) is 0 Å². The van der Waals surface area contributed by atoms with Crippen molar-refractivity contribution >= 4 is 0 Å². The van der Waals surface area contributed by atoms with Crippen molar-refractivity contribution in [1.82, 2.24) is 0 Å². The molecule has 2 nitrogen and oxygen atoms in total. The quantitative estimate of drug-likeness (QED) is 0.767. The lowest BCUT2D eigenvalue weighted by Crippen LogP contribution is -2.16. The van der Waals surface area contributed by atoms with E-state index in [1.54, 1.807) is 0 Å². The molecule has 0 fully saturated rings. The largest absolute Gasteiger partial charge is 0.493 e. The van der Waals surface area contributed by atoms with E-state index < -0.39 is 0 Å². The Kier molecular flexibility index (Phi) is 6.73. The van der Waals surface area contributed by atoms with E-state index in [4.69, 9.17) is 10.5 Å². The smallest absolute Gasteiger partial charge is 0.123 e. The van der Waals surface area contributed by atoms with Crippen molar-refractivity contribution in [2.45, 2.75) is 78.2 Å². The fourth-order valence-electron chi connectivity index (χ4n) is 2.46. The second kappa shape index (κ2) is 7.84. The van der Waals surface area contributed by atoms with Gasteiger partial charge in [0.1, 0.15) is 5.75 Å². The molecule has 0 aliphatic carbocycles. The Morgan fingerprint density at radius 2 is 1.81 bits per heavy atom. The molecule has 0 aliphatic rings. The monoisotopic (exact) mass is 291 g/mol. The van der Waals surface area contributed by atoms with Crippen molar-refractivity contribution in [2.24, 2.45) is 5.73 Å². The van der Waals surface area contributed by atoms with Gasteiger partial charge in [0.15, 0.2) is 0 Å². The molecule has 2 N–H and O–H groups in total. The summed E-state index contributed by atoms with van der Waals surface area (Å²) in [7, 11) is 0. The average molecular weight is 291 g/mol. The average Bonchev–Trinajstić information content (AvgIpc) is 2.41. The van der Waals surface area contributed by atoms with E-state index in [9.17, 15) is 0 Å². The molecule has 2 heteroatoms. The minimum Gasteiger partial charge on any atom is -0.493 e. The molecule has 21 heavy (non-hydrogen) atoms. The Hall–Kier alpha value is -1.02. The fraction of sp³-hybridized carbons (Fsp3) is 0.684. The van der Waals surface area contributed by atoms with Gasteiger partial charge in [-0.15, -0.1) is 0 Å². The lowest BCUT2D eigenvalue weighted by molar-refractivity contribution is 0.308. The van der Waals surface area contributed by atoms with Gasteiger partial charge in [0.05, 0.1) is 6.61 Å². The third kappa shape index (κ3) is 5.70. The van der Waals surface area contributed by atoms with Gasteiger partial charge >= 0.3 is 0 Å². The molecular weight excluding hydrogens is 258 g/mol. The Morgan fingerprint density at radius 3 is 2.33 bits per heavy atom. The maximum atomic E-state index is 5.93. The van der Waals surface area contributed by atoms with E-state index in [1.165, 1.54) is 11.1 Å². The van der Waals surface area contributed by atoms with Gasteiger partial charge in [0.2, 0.25) is 0 Å². The number of nitrogens with two attached hydrogens (primary N) is 1. The van der Waals surface area contributed by atoms with Gasteiger partial charge in [-0.05, 0) is 54.7 Å². The fourth-order valence-corrected chi connectivity index (χ4v) is 2.46. The van der Waals surface area contributed by atoms with Crippen LogP contribution in [0.5, 0.6) is 5.75 Å². The van der Waals surface area contributed by atoms with Gasteiger partial charge in [0, 0.05) is 6.04 Å². The molecule has 0 spiro atoms. The Morgan fingerprint density at radius 1 is 1.14 bits per heavy atom. The van der Waals surface area contributed by atoms with Crippen LogP contribution in [0, 0.1) is 0 Å². The molecule has 1 rings (SSSR count). The van der Waals surface area contributed by atoms with Gasteiger partial charge < -0.3 is 10.5 Å². The van der Waals surface area contributed by atoms with Crippen LogP contribution < -0.4 is 10.5 Å². The van der Waals surface area contributed by atoms with E-state index in [0.29, 0.717) is 5.92 Å². The second-order valence-electron chi connectivity index (χ2n) is 7.31. The number of benzene rings is 1. The summed E-state index contributed by atoms with van der Waals surface area (Å²) in [6, 6.07) is 6.97. The highest BCUT2D eigenvalue weighted by Crippen LogP contribution is 2.35. The topological polar surface area (TPSA) is 35.2 Å². The lowest BCUT2D eigenvalue weighted by atomic mass is 9.83.